The molecule has 0 radical (unpaired) electrons. The third kappa shape index (κ3) is 2.66. The number of para-hydroxylation sites is 1. The Balaban J connectivity index is 0.000000771. The van der Waals surface area contributed by atoms with E-state index >= 15 is 0 Å². The number of allylic oxidation sites excluding steroid dienone is 1. The van der Waals surface area contributed by atoms with E-state index in [-0.39, 0.29) is 0 Å². The summed E-state index contributed by atoms with van der Waals surface area (Å²) < 4.78 is 5.62. The molecule has 1 heterocycles. The fourth-order valence-electron chi connectivity index (χ4n) is 1.85. The van der Waals surface area contributed by atoms with Crippen LogP contribution in [0.5, 0.6) is 0 Å². The van der Waals surface area contributed by atoms with E-state index in [4.69, 9.17) is 4.42 Å². The zero-order valence-electron chi connectivity index (χ0n) is 11.3. The maximum Gasteiger partial charge on any atom is 0.491 e. The van der Waals surface area contributed by atoms with Crippen LogP contribution in [-0.2, 0) is 0 Å². The lowest BCUT2D eigenvalue weighted by Gasteiger charge is -2.02. The first-order valence-corrected chi connectivity index (χ1v) is 6.16. The van der Waals surface area contributed by atoms with Gasteiger partial charge in [0, 0.05) is 16.4 Å². The normalized spacial score (nSPS) is 11.1. The highest BCUT2D eigenvalue weighted by atomic mass is 16.4. The van der Waals surface area contributed by atoms with Gasteiger partial charge in [-0.25, -0.2) is 0 Å². The second kappa shape index (κ2) is 6.43. The average Bonchev–Trinajstić information content (AvgIpc) is 2.71. The minimum Gasteiger partial charge on any atom is -0.457 e. The van der Waals surface area contributed by atoms with E-state index in [1.165, 1.54) is 0 Å². The van der Waals surface area contributed by atoms with E-state index in [0.29, 0.717) is 11.2 Å². The van der Waals surface area contributed by atoms with Gasteiger partial charge >= 0.3 is 7.12 Å². The number of hydrogen-bond donors (Lipinski definition) is 2. The van der Waals surface area contributed by atoms with Crippen LogP contribution >= 0.6 is 0 Å². The summed E-state index contributed by atoms with van der Waals surface area (Å²) in [5.41, 5.74) is 2.08. The molecule has 1 aromatic carbocycles. The molecule has 4 heteroatoms. The number of benzene rings is 1. The van der Waals surface area contributed by atoms with Gasteiger partial charge in [0.1, 0.15) is 11.3 Å². The first kappa shape index (κ1) is 14.5. The van der Waals surface area contributed by atoms with Crippen molar-refractivity contribution in [1.82, 2.24) is 0 Å². The fraction of sp³-hybridized carbons (Fsp3) is 0.286. The molecule has 3 nitrogen and oxygen atoms in total. The second-order valence-corrected chi connectivity index (χ2v) is 3.67. The van der Waals surface area contributed by atoms with Crippen LogP contribution in [-0.4, -0.2) is 17.2 Å². The van der Waals surface area contributed by atoms with E-state index in [2.05, 4.69) is 0 Å². The van der Waals surface area contributed by atoms with Gasteiger partial charge in [0.2, 0.25) is 0 Å². The van der Waals surface area contributed by atoms with Crippen LogP contribution < -0.4 is 0 Å². The molecule has 0 atom stereocenters. The van der Waals surface area contributed by atoms with Crippen molar-refractivity contribution >= 4 is 23.6 Å². The van der Waals surface area contributed by atoms with E-state index in [1.54, 1.807) is 13.0 Å². The predicted molar refractivity (Wildman–Crippen MR) is 76.1 cm³/mol. The number of fused-ring (bicyclic) bond motifs is 1. The molecule has 0 aliphatic rings. The average molecular weight is 246 g/mol. The summed E-state index contributed by atoms with van der Waals surface area (Å²) in [6.45, 7) is 7.66. The highest BCUT2D eigenvalue weighted by molar-refractivity contribution is 6.65. The van der Waals surface area contributed by atoms with Gasteiger partial charge in [-0.15, -0.1) is 0 Å². The van der Waals surface area contributed by atoms with E-state index in [1.807, 2.05) is 45.0 Å². The van der Waals surface area contributed by atoms with Crippen molar-refractivity contribution in [1.29, 1.82) is 0 Å². The van der Waals surface area contributed by atoms with Crippen molar-refractivity contribution in [3.05, 3.63) is 41.7 Å². The molecule has 0 aliphatic carbocycles. The first-order valence-electron chi connectivity index (χ1n) is 6.16. The van der Waals surface area contributed by atoms with Crippen molar-refractivity contribution in [3.8, 4) is 0 Å². The van der Waals surface area contributed by atoms with Crippen LogP contribution in [0.1, 0.15) is 32.1 Å². The molecule has 2 N–H and O–H groups in total. The van der Waals surface area contributed by atoms with E-state index in [0.717, 1.165) is 16.5 Å². The lowest BCUT2D eigenvalue weighted by atomic mass is 9.76. The number of aryl methyl sites for hydroxylation is 1. The van der Waals surface area contributed by atoms with Crippen LogP contribution in [0.2, 0.25) is 0 Å². The molecule has 0 fully saturated rings. The predicted octanol–water partition coefficient (Wildman–Crippen LogP) is 3.18. The summed E-state index contributed by atoms with van der Waals surface area (Å²) >= 11 is 0. The summed E-state index contributed by atoms with van der Waals surface area (Å²) in [6, 6.07) is 7.64. The molecule has 2 aromatic rings. The summed E-state index contributed by atoms with van der Waals surface area (Å²) in [4.78, 5) is 0. The largest absolute Gasteiger partial charge is 0.491 e. The molecule has 1 aromatic heterocycles. The minimum absolute atomic E-state index is 0.397. The Labute approximate surface area is 108 Å². The highest BCUT2D eigenvalue weighted by Crippen LogP contribution is 2.30. The van der Waals surface area contributed by atoms with Crippen molar-refractivity contribution in [2.75, 3.05) is 0 Å². The maximum atomic E-state index is 9.24. The molecule has 0 aliphatic heterocycles. The van der Waals surface area contributed by atoms with Crippen LogP contribution in [0.3, 0.4) is 0 Å². The van der Waals surface area contributed by atoms with Crippen molar-refractivity contribution < 1.29 is 14.5 Å². The molecule has 0 bridgehead atoms. The zero-order valence-corrected chi connectivity index (χ0v) is 11.3. The van der Waals surface area contributed by atoms with E-state index < -0.39 is 7.12 Å². The summed E-state index contributed by atoms with van der Waals surface area (Å²) in [5.74, 6) is 0.540. The highest BCUT2D eigenvalue weighted by Gasteiger charge is 2.22. The van der Waals surface area contributed by atoms with Gasteiger partial charge in [0.25, 0.3) is 0 Å². The molecule has 0 saturated heterocycles. The fourth-order valence-corrected chi connectivity index (χ4v) is 1.85. The third-order valence-electron chi connectivity index (χ3n) is 2.70. The Hall–Kier alpha value is -1.52. The smallest absolute Gasteiger partial charge is 0.457 e. The minimum atomic E-state index is -1.51. The molecule has 0 saturated carbocycles. The quantitative estimate of drug-likeness (QED) is 0.800. The molecule has 0 amide bonds. The van der Waals surface area contributed by atoms with Crippen LogP contribution in [0, 0.1) is 6.92 Å². The number of furan rings is 1. The van der Waals surface area contributed by atoms with Gasteiger partial charge in [-0.05, 0) is 19.9 Å². The summed E-state index contributed by atoms with van der Waals surface area (Å²) in [7, 11) is -1.51. The second-order valence-electron chi connectivity index (χ2n) is 3.67. The van der Waals surface area contributed by atoms with Gasteiger partial charge in [-0.3, -0.25) is 0 Å². The lowest BCUT2D eigenvalue weighted by molar-refractivity contribution is 0.425. The zero-order chi connectivity index (χ0) is 13.7. The maximum absolute atomic E-state index is 9.24. The van der Waals surface area contributed by atoms with E-state index in [9.17, 15) is 10.0 Å². The Morgan fingerprint density at radius 1 is 1.22 bits per heavy atom. The monoisotopic (exact) mass is 246 g/mol. The molecular weight excluding hydrogens is 227 g/mol. The van der Waals surface area contributed by atoms with Crippen molar-refractivity contribution in [3.63, 3.8) is 0 Å². The summed E-state index contributed by atoms with van der Waals surface area (Å²) in [6.07, 6.45) is 1.65. The Morgan fingerprint density at radius 3 is 2.33 bits per heavy atom. The Bertz CT molecular complexity index is 541. The van der Waals surface area contributed by atoms with Gasteiger partial charge in [0.05, 0.1) is 0 Å². The SMILES string of the molecule is C/C=C(/B(O)O)c1oc2ccccc2c1C.CC. The van der Waals surface area contributed by atoms with Gasteiger partial charge < -0.3 is 14.5 Å². The first-order chi connectivity index (χ1) is 8.65. The van der Waals surface area contributed by atoms with Gasteiger partial charge in [0.15, 0.2) is 0 Å². The van der Waals surface area contributed by atoms with Crippen LogP contribution in [0.4, 0.5) is 0 Å². The molecule has 96 valence electrons. The molecule has 0 spiro atoms. The standard InChI is InChI=1S/C12H13BO3.C2H6/c1-3-10(13(14)15)12-8(2)9-6-4-5-7-11(9)16-12;1-2/h3-7,14-15H,1-2H3;1-2H3/b10-3+;. The third-order valence-corrected chi connectivity index (χ3v) is 2.70. The van der Waals surface area contributed by atoms with Gasteiger partial charge in [-0.1, -0.05) is 38.1 Å². The van der Waals surface area contributed by atoms with Crippen LogP contribution in [0.25, 0.3) is 16.4 Å². The molecule has 0 unspecified atom stereocenters. The molecule has 2 rings (SSSR count). The van der Waals surface area contributed by atoms with Gasteiger partial charge in [-0.2, -0.15) is 0 Å². The topological polar surface area (TPSA) is 53.6 Å². The number of hydrogen-bond acceptors (Lipinski definition) is 3. The Kier molecular flexibility index (Phi) is 5.19. The van der Waals surface area contributed by atoms with Crippen LogP contribution in [0.15, 0.2) is 34.8 Å². The van der Waals surface area contributed by atoms with Crippen molar-refractivity contribution in [2.45, 2.75) is 27.7 Å². The molecular formula is C14H19BO3. The van der Waals surface area contributed by atoms with Crippen molar-refractivity contribution in [2.24, 2.45) is 0 Å². The molecule has 18 heavy (non-hydrogen) atoms. The summed E-state index contributed by atoms with van der Waals surface area (Å²) in [5, 5.41) is 19.5. The Morgan fingerprint density at radius 2 is 1.83 bits per heavy atom. The lowest BCUT2D eigenvalue weighted by Crippen LogP contribution is -2.14. The number of rotatable bonds is 2.